The van der Waals surface area contributed by atoms with Crippen molar-refractivity contribution in [3.05, 3.63) is 88.5 Å². The van der Waals surface area contributed by atoms with Crippen molar-refractivity contribution in [2.45, 2.75) is 67.2 Å². The van der Waals surface area contributed by atoms with Crippen LogP contribution in [0.2, 0.25) is 0 Å². The van der Waals surface area contributed by atoms with Crippen molar-refractivity contribution in [3.8, 4) is 0 Å². The molecular weight excluding hydrogens is 612 g/mol. The van der Waals surface area contributed by atoms with Crippen LogP contribution in [-0.2, 0) is 16.0 Å². The Balaban J connectivity index is 1.74. The van der Waals surface area contributed by atoms with Gasteiger partial charge in [0.2, 0.25) is 5.91 Å². The average molecular weight is 661 g/mol. The molecule has 0 aromatic carbocycles. The molecule has 49 heavy (non-hydrogen) atoms. The maximum Gasteiger partial charge on any atom is 0.303 e. The Morgan fingerprint density at radius 1 is 0.796 bits per heavy atom. The van der Waals surface area contributed by atoms with E-state index in [2.05, 4.69) is 68.0 Å². The number of hydrogen-bond acceptors (Lipinski definition) is 5. The Labute approximate surface area is 288 Å². The van der Waals surface area contributed by atoms with Gasteiger partial charge in [-0.25, -0.2) is 9.97 Å². The minimum atomic E-state index is -0.860. The van der Waals surface area contributed by atoms with E-state index in [1.807, 2.05) is 43.3 Å². The average Bonchev–Trinajstić information content (AvgIpc) is 3.73. The number of carboxylic acid groups (broad SMARTS) is 1. The van der Waals surface area contributed by atoms with E-state index in [9.17, 15) is 14.7 Å². The molecule has 0 unspecified atom stereocenters. The number of carbonyl (C=O) groups is 2. The van der Waals surface area contributed by atoms with Gasteiger partial charge in [-0.3, -0.25) is 9.59 Å². The van der Waals surface area contributed by atoms with Gasteiger partial charge in [0.25, 0.3) is 0 Å². The first-order valence-electron chi connectivity index (χ1n) is 17.1. The number of nitrogens with one attached hydrogen (secondary N) is 3. The predicted octanol–water partition coefficient (Wildman–Crippen LogP) is 7.88. The van der Waals surface area contributed by atoms with E-state index in [0.29, 0.717) is 31.5 Å². The van der Waals surface area contributed by atoms with E-state index in [1.165, 1.54) is 0 Å². The molecule has 5 rings (SSSR count). The third kappa shape index (κ3) is 7.37. The van der Waals surface area contributed by atoms with Crippen LogP contribution in [0.1, 0.15) is 92.0 Å². The molecule has 0 radical (unpaired) electrons. The van der Waals surface area contributed by atoms with E-state index in [1.54, 1.807) is 0 Å². The fourth-order valence-electron chi connectivity index (χ4n) is 6.76. The molecule has 0 fully saturated rings. The molecule has 2 aliphatic rings. The lowest BCUT2D eigenvalue weighted by molar-refractivity contribution is -0.136. The number of aromatic amines is 2. The second-order valence-electron chi connectivity index (χ2n) is 12.7. The van der Waals surface area contributed by atoms with Crippen molar-refractivity contribution in [1.29, 1.82) is 0 Å². The van der Waals surface area contributed by atoms with Crippen LogP contribution in [0.4, 0.5) is 0 Å². The summed E-state index contributed by atoms with van der Waals surface area (Å²) in [4.78, 5) is 44.3. The number of rotatable bonds is 13. The summed E-state index contributed by atoms with van der Waals surface area (Å²) in [7, 11) is 0. The maximum absolute atomic E-state index is 13.0. The molecule has 0 atom stereocenters. The molecule has 3 aromatic rings. The van der Waals surface area contributed by atoms with E-state index >= 15 is 0 Å². The van der Waals surface area contributed by atoms with Crippen LogP contribution in [0.5, 0.6) is 0 Å². The zero-order chi connectivity index (χ0) is 35.4. The summed E-state index contributed by atoms with van der Waals surface area (Å²) >= 11 is 0. The van der Waals surface area contributed by atoms with Gasteiger partial charge in [0.05, 0.1) is 22.8 Å². The first-order valence-corrected chi connectivity index (χ1v) is 17.1. The number of fused-ring (bicyclic) bond motifs is 8. The summed E-state index contributed by atoms with van der Waals surface area (Å²) in [5.41, 5.74) is 14.5. The molecule has 8 bridgehead atoms. The summed E-state index contributed by atoms with van der Waals surface area (Å²) < 4.78 is 0. The van der Waals surface area contributed by atoms with Gasteiger partial charge in [-0.05, 0) is 111 Å². The quantitative estimate of drug-likeness (QED) is 0.148. The number of amides is 1. The van der Waals surface area contributed by atoms with Crippen LogP contribution < -0.4 is 5.32 Å². The number of allylic oxidation sites excluding steroid dienone is 5. The van der Waals surface area contributed by atoms with Gasteiger partial charge in [0.1, 0.15) is 0 Å². The molecule has 3 aromatic heterocycles. The number of nitrogens with zero attached hydrogens (tertiary/aromatic N) is 3. The molecule has 256 valence electrons. The van der Waals surface area contributed by atoms with Crippen molar-refractivity contribution < 1.29 is 14.7 Å². The van der Waals surface area contributed by atoms with Gasteiger partial charge < -0.3 is 25.3 Å². The fourth-order valence-corrected chi connectivity index (χ4v) is 6.76. The molecule has 0 spiro atoms. The Kier molecular flexibility index (Phi) is 10.8. The normalized spacial score (nSPS) is 13.0. The van der Waals surface area contributed by atoms with Gasteiger partial charge in [-0.2, -0.15) is 0 Å². The second-order valence-corrected chi connectivity index (χ2v) is 12.7. The van der Waals surface area contributed by atoms with Gasteiger partial charge in [-0.1, -0.05) is 39.2 Å². The zero-order valence-electron chi connectivity index (χ0n) is 29.6. The highest BCUT2D eigenvalue weighted by Crippen LogP contribution is 2.36. The summed E-state index contributed by atoms with van der Waals surface area (Å²) in [6.07, 6.45) is 4.89. The van der Waals surface area contributed by atoms with Crippen LogP contribution >= 0.6 is 0 Å². The third-order valence-corrected chi connectivity index (χ3v) is 9.88. The van der Waals surface area contributed by atoms with E-state index in [-0.39, 0.29) is 12.3 Å². The Hall–Kier alpha value is -5.02. The monoisotopic (exact) mass is 660 g/mol. The van der Waals surface area contributed by atoms with Crippen LogP contribution in [0.3, 0.4) is 0 Å². The summed E-state index contributed by atoms with van der Waals surface area (Å²) in [5, 5.41) is 12.7. The lowest BCUT2D eigenvalue weighted by atomic mass is 10.00. The Morgan fingerprint density at radius 2 is 1.41 bits per heavy atom. The number of hydrogen-bond donors (Lipinski definition) is 4. The van der Waals surface area contributed by atoms with Crippen molar-refractivity contribution in [2.24, 2.45) is 0 Å². The van der Waals surface area contributed by atoms with E-state index < -0.39 is 5.97 Å². The highest BCUT2D eigenvalue weighted by atomic mass is 16.4. The number of aromatic nitrogens is 4. The van der Waals surface area contributed by atoms with Crippen LogP contribution in [-0.4, -0.2) is 68.0 Å². The molecule has 0 aliphatic carbocycles. The zero-order valence-corrected chi connectivity index (χ0v) is 29.6. The molecule has 9 nitrogen and oxygen atoms in total. The third-order valence-electron chi connectivity index (χ3n) is 9.88. The topological polar surface area (TPSA) is 127 Å². The molecular formula is C40H48N6O3. The SMILES string of the molecule is C=CC1=C(C)c2cc3[nH]c(cc4nc(cc5[nH]c(cc1n2)c(C)c5CCC(=O)NCCN(CC)CC)C(CCC(=O)O)=C4C)c(C)c3C=C. The number of aliphatic carboxylic acids is 1. The molecule has 0 saturated heterocycles. The first-order chi connectivity index (χ1) is 23.5. The Bertz CT molecular complexity index is 2050. The molecule has 2 aliphatic heterocycles. The predicted molar refractivity (Wildman–Crippen MR) is 202 cm³/mol. The second kappa shape index (κ2) is 15.0. The van der Waals surface area contributed by atoms with Crippen LogP contribution in [0, 0.1) is 13.8 Å². The number of carboxylic acids is 1. The lowest BCUT2D eigenvalue weighted by Gasteiger charge is -2.17. The molecule has 4 N–H and O–H groups in total. The van der Waals surface area contributed by atoms with Crippen LogP contribution in [0.15, 0.2) is 43.5 Å². The minimum Gasteiger partial charge on any atom is -0.481 e. The summed E-state index contributed by atoms with van der Waals surface area (Å²) in [6, 6.07) is 8.12. The van der Waals surface area contributed by atoms with E-state index in [4.69, 9.17) is 9.97 Å². The minimum absolute atomic E-state index is 0.00536. The summed E-state index contributed by atoms with van der Waals surface area (Å²) in [5.74, 6) is -0.854. The molecule has 1 amide bonds. The number of H-pyrrole nitrogens is 2. The number of aryl methyl sites for hydroxylation is 3. The number of carbonyl (C=O) groups excluding carboxylic acids is 1. The highest BCUT2D eigenvalue weighted by molar-refractivity contribution is 5.98. The first kappa shape index (κ1) is 35.3. The van der Waals surface area contributed by atoms with Crippen molar-refractivity contribution in [1.82, 2.24) is 30.2 Å². The smallest absolute Gasteiger partial charge is 0.303 e. The Morgan fingerprint density at radius 3 is 2.08 bits per heavy atom. The lowest BCUT2D eigenvalue weighted by Crippen LogP contribution is -2.34. The van der Waals surface area contributed by atoms with Gasteiger partial charge >= 0.3 is 5.97 Å². The molecule has 9 heteroatoms. The van der Waals surface area contributed by atoms with Crippen molar-refractivity contribution in [3.63, 3.8) is 0 Å². The van der Waals surface area contributed by atoms with Gasteiger partial charge in [-0.15, -0.1) is 0 Å². The molecule has 0 saturated carbocycles. The summed E-state index contributed by atoms with van der Waals surface area (Å²) in [6.45, 7) is 23.9. The van der Waals surface area contributed by atoms with Crippen molar-refractivity contribution in [2.75, 3.05) is 26.2 Å². The maximum atomic E-state index is 13.0. The van der Waals surface area contributed by atoms with Gasteiger partial charge in [0, 0.05) is 59.1 Å². The largest absolute Gasteiger partial charge is 0.481 e. The van der Waals surface area contributed by atoms with E-state index in [0.717, 1.165) is 103 Å². The fraction of sp³-hybridized carbons (Fsp3) is 0.350. The standard InChI is InChI=1S/C40H48N6O3/c1-9-27-23(5)31-19-32-26(8)30(14-16-40(48)49)38(44-32)22-37-29(13-15-39(47)41-17-18-46(11-3)12-4)25(7)34(45-37)21-36-28(10-2)24(6)33(43-36)20-35(27)42-31/h9-10,19-22,42,45H,1-2,11-18H2,3-8H3,(H,41,47)(H,48,49). The van der Waals surface area contributed by atoms with Gasteiger partial charge in [0.15, 0.2) is 0 Å². The highest BCUT2D eigenvalue weighted by Gasteiger charge is 2.21. The van der Waals surface area contributed by atoms with Crippen molar-refractivity contribution >= 4 is 62.3 Å². The van der Waals surface area contributed by atoms with Crippen LogP contribution in [0.25, 0.3) is 50.4 Å². The number of likely N-dealkylation sites (N-methyl/N-ethyl adjacent to an activating group) is 1. The molecule has 5 heterocycles.